The molecule has 3 unspecified atom stereocenters. The number of benzene rings is 2. The van der Waals surface area contributed by atoms with Gasteiger partial charge in [-0.25, -0.2) is 0 Å². The number of carbonyl (C=O) groups excluding carboxylic acids is 1. The smallest absolute Gasteiger partial charge is 0.257 e. The van der Waals surface area contributed by atoms with Crippen molar-refractivity contribution in [2.45, 2.75) is 43.9 Å². The molecule has 5 rings (SSSR count). The van der Waals surface area contributed by atoms with Crippen LogP contribution >= 0.6 is 0 Å². The summed E-state index contributed by atoms with van der Waals surface area (Å²) in [7, 11) is 0. The van der Waals surface area contributed by atoms with Gasteiger partial charge in [0, 0.05) is 31.6 Å². The van der Waals surface area contributed by atoms with E-state index in [1.165, 1.54) is 0 Å². The van der Waals surface area contributed by atoms with Gasteiger partial charge in [0.25, 0.3) is 5.91 Å². The van der Waals surface area contributed by atoms with Gasteiger partial charge in [0.15, 0.2) is 5.60 Å². The maximum Gasteiger partial charge on any atom is 0.257 e. The average Bonchev–Trinajstić information content (AvgIpc) is 3.17. The number of piperidine rings is 1. The number of aromatic hydroxyl groups is 1. The van der Waals surface area contributed by atoms with Crippen molar-refractivity contribution in [3.63, 3.8) is 0 Å². The predicted octanol–water partition coefficient (Wildman–Crippen LogP) is 3.02. The van der Waals surface area contributed by atoms with E-state index in [2.05, 4.69) is 10.2 Å². The molecule has 5 heteroatoms. The molecule has 0 bridgehead atoms. The summed E-state index contributed by atoms with van der Waals surface area (Å²) in [6.07, 6.45) is 3.94. The Labute approximate surface area is 177 Å². The zero-order valence-corrected chi connectivity index (χ0v) is 17.2. The molecule has 0 radical (unpaired) electrons. The van der Waals surface area contributed by atoms with Gasteiger partial charge in [-0.3, -0.25) is 9.69 Å². The van der Waals surface area contributed by atoms with Gasteiger partial charge in [-0.2, -0.15) is 0 Å². The molecule has 3 aliphatic rings. The summed E-state index contributed by atoms with van der Waals surface area (Å²) >= 11 is 0. The van der Waals surface area contributed by atoms with Crippen LogP contribution in [0.1, 0.15) is 36.8 Å². The largest absolute Gasteiger partial charge is 0.508 e. The van der Waals surface area contributed by atoms with Crippen LogP contribution in [-0.2, 0) is 16.9 Å². The highest BCUT2D eigenvalue weighted by Crippen LogP contribution is 2.47. The van der Waals surface area contributed by atoms with E-state index >= 15 is 0 Å². The van der Waals surface area contributed by atoms with E-state index in [4.69, 9.17) is 0 Å². The van der Waals surface area contributed by atoms with Crippen LogP contribution in [-0.4, -0.2) is 40.2 Å². The lowest BCUT2D eigenvalue weighted by atomic mass is 9.79. The Morgan fingerprint density at radius 1 is 1.03 bits per heavy atom. The first-order valence-electron chi connectivity index (χ1n) is 11.1. The predicted molar refractivity (Wildman–Crippen MR) is 115 cm³/mol. The lowest BCUT2D eigenvalue weighted by Gasteiger charge is -2.33. The fraction of sp³-hybridized carbons (Fsp3) is 0.480. The number of nitrogens with zero attached hydrogens (tertiary/aromatic N) is 1. The summed E-state index contributed by atoms with van der Waals surface area (Å²) in [5, 5.41) is 24.5. The number of fused-ring (bicyclic) bond motifs is 1. The molecule has 2 aromatic carbocycles. The summed E-state index contributed by atoms with van der Waals surface area (Å²) in [4.78, 5) is 15.7. The van der Waals surface area contributed by atoms with E-state index in [1.54, 1.807) is 6.07 Å². The third-order valence-electron chi connectivity index (χ3n) is 7.39. The zero-order valence-electron chi connectivity index (χ0n) is 17.2. The van der Waals surface area contributed by atoms with Crippen molar-refractivity contribution < 1.29 is 15.0 Å². The molecule has 158 valence electrons. The summed E-state index contributed by atoms with van der Waals surface area (Å²) in [5.41, 5.74) is 0.387. The van der Waals surface area contributed by atoms with E-state index < -0.39 is 5.60 Å². The van der Waals surface area contributed by atoms with Crippen LogP contribution in [0, 0.1) is 17.8 Å². The Bertz CT molecular complexity index is 900. The molecule has 0 aromatic heterocycles. The number of likely N-dealkylation sites (tertiary alicyclic amines) is 1. The second-order valence-electron chi connectivity index (χ2n) is 9.30. The normalized spacial score (nSPS) is 28.1. The molecule has 1 saturated heterocycles. The Kier molecular flexibility index (Phi) is 5.03. The van der Waals surface area contributed by atoms with E-state index in [0.29, 0.717) is 23.1 Å². The number of aliphatic hydroxyl groups is 1. The molecule has 2 aliphatic carbocycles. The van der Waals surface area contributed by atoms with Crippen molar-refractivity contribution in [1.82, 2.24) is 10.2 Å². The number of hydrogen-bond donors (Lipinski definition) is 3. The lowest BCUT2D eigenvalue weighted by Crippen LogP contribution is -2.50. The molecule has 3 N–H and O–H groups in total. The third-order valence-corrected chi connectivity index (χ3v) is 7.39. The van der Waals surface area contributed by atoms with E-state index in [0.717, 1.165) is 50.9 Å². The first kappa shape index (κ1) is 19.6. The number of phenolic OH excluding ortho intramolecular Hbond substituents is 1. The highest BCUT2D eigenvalue weighted by Gasteiger charge is 2.58. The second kappa shape index (κ2) is 7.71. The number of rotatable bonds is 6. The molecule has 2 aromatic rings. The number of amides is 1. The lowest BCUT2D eigenvalue weighted by molar-refractivity contribution is -0.147. The van der Waals surface area contributed by atoms with Crippen molar-refractivity contribution in [2.75, 3.05) is 13.1 Å². The van der Waals surface area contributed by atoms with Crippen LogP contribution in [0.2, 0.25) is 0 Å². The fourth-order valence-electron chi connectivity index (χ4n) is 5.72. The number of nitrogens with one attached hydrogen (secondary N) is 1. The average molecular weight is 407 g/mol. The van der Waals surface area contributed by atoms with Gasteiger partial charge in [0.2, 0.25) is 0 Å². The van der Waals surface area contributed by atoms with Gasteiger partial charge >= 0.3 is 0 Å². The zero-order chi connectivity index (χ0) is 20.7. The van der Waals surface area contributed by atoms with E-state index in [-0.39, 0.29) is 17.9 Å². The van der Waals surface area contributed by atoms with Crippen LogP contribution in [0.15, 0.2) is 54.6 Å². The van der Waals surface area contributed by atoms with Gasteiger partial charge in [-0.05, 0) is 47.9 Å². The van der Waals surface area contributed by atoms with E-state index in [9.17, 15) is 15.0 Å². The minimum absolute atomic E-state index is 0.0132. The van der Waals surface area contributed by atoms with Gasteiger partial charge in [-0.15, -0.1) is 0 Å². The topological polar surface area (TPSA) is 72.8 Å². The highest BCUT2D eigenvalue weighted by atomic mass is 16.3. The van der Waals surface area contributed by atoms with Crippen molar-refractivity contribution in [3.8, 4) is 5.75 Å². The standard InChI is InChI=1S/C25H30N2O3/c28-20-12-6-7-17(13-20)14-27-15-21-22(16-27)23(21)26-24(29)25(30,19-10-4-5-11-19)18-8-2-1-3-9-18/h1-3,6-9,12-13,19,21-23,28,30H,4-5,10-11,14-16H2,(H,26,29)/t21-,22?,23?,25?/m0/s1. The number of hydrogen-bond acceptors (Lipinski definition) is 4. The summed E-state index contributed by atoms with van der Waals surface area (Å²) in [5.74, 6) is 0.971. The van der Waals surface area contributed by atoms with Crippen LogP contribution < -0.4 is 5.32 Å². The van der Waals surface area contributed by atoms with Crippen LogP contribution in [0.5, 0.6) is 5.75 Å². The minimum Gasteiger partial charge on any atom is -0.508 e. The Morgan fingerprint density at radius 3 is 2.40 bits per heavy atom. The molecule has 3 fully saturated rings. The van der Waals surface area contributed by atoms with Crippen LogP contribution in [0.25, 0.3) is 0 Å². The SMILES string of the molecule is O=C(NC1C2CN(Cc3cccc(O)c3)C[C@@H]21)C(O)(c1ccccc1)C1CCCC1. The molecule has 0 spiro atoms. The van der Waals surface area contributed by atoms with Gasteiger partial charge in [0.05, 0.1) is 0 Å². The van der Waals surface area contributed by atoms with Gasteiger partial charge in [0.1, 0.15) is 5.75 Å². The fourth-order valence-corrected chi connectivity index (χ4v) is 5.72. The Balaban J connectivity index is 1.23. The molecule has 4 atom stereocenters. The second-order valence-corrected chi connectivity index (χ2v) is 9.30. The molecule has 1 heterocycles. The quantitative estimate of drug-likeness (QED) is 0.690. The summed E-state index contributed by atoms with van der Waals surface area (Å²) < 4.78 is 0. The first-order chi connectivity index (χ1) is 14.6. The summed E-state index contributed by atoms with van der Waals surface area (Å²) in [6.45, 7) is 2.70. The molecular weight excluding hydrogens is 376 g/mol. The first-order valence-corrected chi connectivity index (χ1v) is 11.1. The van der Waals surface area contributed by atoms with Crippen molar-refractivity contribution >= 4 is 5.91 Å². The molecular formula is C25H30N2O3. The van der Waals surface area contributed by atoms with E-state index in [1.807, 2.05) is 48.5 Å². The Hall–Kier alpha value is -2.37. The van der Waals surface area contributed by atoms with Crippen molar-refractivity contribution in [2.24, 2.45) is 17.8 Å². The molecule has 1 amide bonds. The molecule has 5 nitrogen and oxygen atoms in total. The number of carbonyl (C=O) groups is 1. The Morgan fingerprint density at radius 2 is 1.73 bits per heavy atom. The van der Waals surface area contributed by atoms with Crippen LogP contribution in [0.4, 0.5) is 0 Å². The minimum atomic E-state index is -1.43. The van der Waals surface area contributed by atoms with Gasteiger partial charge < -0.3 is 15.5 Å². The molecule has 1 aliphatic heterocycles. The maximum absolute atomic E-state index is 13.3. The molecule has 30 heavy (non-hydrogen) atoms. The van der Waals surface area contributed by atoms with Crippen molar-refractivity contribution in [1.29, 1.82) is 0 Å². The monoisotopic (exact) mass is 406 g/mol. The summed E-state index contributed by atoms with van der Waals surface area (Å²) in [6, 6.07) is 17.0. The van der Waals surface area contributed by atoms with Crippen molar-refractivity contribution in [3.05, 3.63) is 65.7 Å². The van der Waals surface area contributed by atoms with Crippen LogP contribution in [0.3, 0.4) is 0 Å². The van der Waals surface area contributed by atoms with Gasteiger partial charge in [-0.1, -0.05) is 55.3 Å². The highest BCUT2D eigenvalue weighted by molar-refractivity contribution is 5.87. The maximum atomic E-state index is 13.3. The third kappa shape index (κ3) is 3.50. The number of phenols is 1. The molecule has 2 saturated carbocycles.